The molecule has 2 saturated heterocycles. The van der Waals surface area contributed by atoms with Gasteiger partial charge in [-0.25, -0.2) is 4.39 Å². The van der Waals surface area contributed by atoms with Crippen molar-refractivity contribution in [2.75, 3.05) is 32.7 Å². The highest BCUT2D eigenvalue weighted by Gasteiger charge is 2.45. The standard InChI is InChI=1S/C22H26FN3O4/c23-17-5-3-4-16(14-17)22(8-1-2-9-22)21(30)25-12-10-24(11-13-25)20(29)15-26-18(27)6-7-19(26)28/h3-5,14H,1-2,6-13,15H2. The number of piperazine rings is 1. The highest BCUT2D eigenvalue weighted by Crippen LogP contribution is 2.43. The van der Waals surface area contributed by atoms with Gasteiger partial charge in [-0.2, -0.15) is 0 Å². The maximum atomic E-state index is 13.8. The molecule has 0 atom stereocenters. The zero-order valence-electron chi connectivity index (χ0n) is 16.9. The first-order valence-electron chi connectivity index (χ1n) is 10.6. The second-order valence-corrected chi connectivity index (χ2v) is 8.35. The normalized spacial score (nSPS) is 21.4. The van der Waals surface area contributed by atoms with Gasteiger partial charge in [0.1, 0.15) is 12.4 Å². The minimum Gasteiger partial charge on any atom is -0.338 e. The van der Waals surface area contributed by atoms with Gasteiger partial charge in [0.2, 0.25) is 23.6 Å². The molecule has 8 heteroatoms. The van der Waals surface area contributed by atoms with Gasteiger partial charge in [0.25, 0.3) is 0 Å². The Morgan fingerprint density at radius 3 is 2.13 bits per heavy atom. The maximum absolute atomic E-state index is 13.8. The van der Waals surface area contributed by atoms with E-state index in [0.717, 1.165) is 23.3 Å². The third-order valence-electron chi connectivity index (χ3n) is 6.61. The predicted molar refractivity (Wildman–Crippen MR) is 106 cm³/mol. The van der Waals surface area contributed by atoms with Crippen molar-refractivity contribution in [3.63, 3.8) is 0 Å². The van der Waals surface area contributed by atoms with Gasteiger partial charge in [-0.15, -0.1) is 0 Å². The molecule has 0 spiro atoms. The molecule has 0 N–H and O–H groups in total. The Labute approximate surface area is 174 Å². The first-order chi connectivity index (χ1) is 14.4. The van der Waals surface area contributed by atoms with Gasteiger partial charge in [-0.1, -0.05) is 25.0 Å². The Kier molecular flexibility index (Phi) is 5.58. The summed E-state index contributed by atoms with van der Waals surface area (Å²) in [4.78, 5) is 53.9. The minimum absolute atomic E-state index is 0.00241. The van der Waals surface area contributed by atoms with Crippen LogP contribution in [0.4, 0.5) is 4.39 Å². The average molecular weight is 415 g/mol. The molecule has 7 nitrogen and oxygen atoms in total. The lowest BCUT2D eigenvalue weighted by molar-refractivity contribution is -0.147. The lowest BCUT2D eigenvalue weighted by Crippen LogP contribution is -2.56. The average Bonchev–Trinajstić information content (AvgIpc) is 3.37. The Hall–Kier alpha value is -2.77. The Balaban J connectivity index is 1.40. The summed E-state index contributed by atoms with van der Waals surface area (Å²) in [5, 5.41) is 0. The number of rotatable bonds is 4. The Morgan fingerprint density at radius 2 is 1.53 bits per heavy atom. The van der Waals surface area contributed by atoms with E-state index in [0.29, 0.717) is 39.0 Å². The summed E-state index contributed by atoms with van der Waals surface area (Å²) in [6.45, 7) is 1.28. The van der Waals surface area contributed by atoms with Crippen LogP contribution in [0.1, 0.15) is 44.1 Å². The van der Waals surface area contributed by atoms with Crippen molar-refractivity contribution in [2.24, 2.45) is 0 Å². The van der Waals surface area contributed by atoms with E-state index in [4.69, 9.17) is 0 Å². The lowest BCUT2D eigenvalue weighted by atomic mass is 9.77. The van der Waals surface area contributed by atoms with Crippen molar-refractivity contribution >= 4 is 23.6 Å². The monoisotopic (exact) mass is 415 g/mol. The number of amides is 4. The molecular weight excluding hydrogens is 389 g/mol. The van der Waals surface area contributed by atoms with E-state index in [2.05, 4.69) is 0 Å². The third-order valence-corrected chi connectivity index (χ3v) is 6.61. The Bertz CT molecular complexity index is 857. The fraction of sp³-hybridized carbons (Fsp3) is 0.545. The van der Waals surface area contributed by atoms with E-state index in [9.17, 15) is 23.6 Å². The number of carbonyl (C=O) groups is 4. The van der Waals surface area contributed by atoms with Crippen LogP contribution in [0.25, 0.3) is 0 Å². The summed E-state index contributed by atoms with van der Waals surface area (Å²) in [6.07, 6.45) is 3.59. The van der Waals surface area contributed by atoms with Gasteiger partial charge in [-0.3, -0.25) is 24.1 Å². The molecule has 2 heterocycles. The molecule has 0 unspecified atom stereocenters. The van der Waals surface area contributed by atoms with Crippen molar-refractivity contribution in [3.05, 3.63) is 35.6 Å². The van der Waals surface area contributed by atoms with Crippen LogP contribution in [0.15, 0.2) is 24.3 Å². The summed E-state index contributed by atoms with van der Waals surface area (Å²) in [5.74, 6) is -1.22. The number of hydrogen-bond donors (Lipinski definition) is 0. The fourth-order valence-corrected chi connectivity index (χ4v) is 4.89. The molecule has 160 valence electrons. The van der Waals surface area contributed by atoms with E-state index in [1.807, 2.05) is 6.07 Å². The minimum atomic E-state index is -0.692. The molecule has 1 aliphatic carbocycles. The third kappa shape index (κ3) is 3.70. The SMILES string of the molecule is O=C(CN1C(=O)CCC1=O)N1CCN(C(=O)C2(c3cccc(F)c3)CCCC2)CC1. The molecule has 1 aromatic rings. The predicted octanol–water partition coefficient (Wildman–Crippen LogP) is 1.46. The van der Waals surface area contributed by atoms with Crippen molar-refractivity contribution in [1.82, 2.24) is 14.7 Å². The number of hydrogen-bond acceptors (Lipinski definition) is 4. The number of nitrogens with zero attached hydrogens (tertiary/aromatic N) is 3. The topological polar surface area (TPSA) is 78.0 Å². The number of imide groups is 1. The van der Waals surface area contributed by atoms with Crippen molar-refractivity contribution in [1.29, 1.82) is 0 Å². The second kappa shape index (κ2) is 8.16. The van der Waals surface area contributed by atoms with E-state index < -0.39 is 5.41 Å². The quantitative estimate of drug-likeness (QED) is 0.698. The smallest absolute Gasteiger partial charge is 0.242 e. The van der Waals surface area contributed by atoms with E-state index in [-0.39, 0.29) is 48.8 Å². The van der Waals surface area contributed by atoms with Gasteiger partial charge in [0, 0.05) is 39.0 Å². The second-order valence-electron chi connectivity index (χ2n) is 8.35. The van der Waals surface area contributed by atoms with Gasteiger partial charge >= 0.3 is 0 Å². The number of carbonyl (C=O) groups excluding carboxylic acids is 4. The van der Waals surface area contributed by atoms with Gasteiger partial charge < -0.3 is 9.80 Å². The summed E-state index contributed by atoms with van der Waals surface area (Å²) in [6, 6.07) is 6.33. The highest BCUT2D eigenvalue weighted by atomic mass is 19.1. The number of likely N-dealkylation sites (tertiary alicyclic amines) is 1. The van der Waals surface area contributed by atoms with E-state index in [1.54, 1.807) is 15.9 Å². The molecular formula is C22H26FN3O4. The zero-order valence-corrected chi connectivity index (χ0v) is 16.9. The zero-order chi connectivity index (χ0) is 21.3. The highest BCUT2D eigenvalue weighted by molar-refractivity contribution is 6.04. The summed E-state index contributed by atoms with van der Waals surface area (Å²) in [7, 11) is 0. The largest absolute Gasteiger partial charge is 0.338 e. The van der Waals surface area contributed by atoms with Crippen molar-refractivity contribution in [2.45, 2.75) is 43.9 Å². The van der Waals surface area contributed by atoms with Crippen LogP contribution in [0, 0.1) is 5.82 Å². The first kappa shape index (κ1) is 20.5. The van der Waals surface area contributed by atoms with Crippen LogP contribution in [-0.2, 0) is 24.6 Å². The van der Waals surface area contributed by atoms with Gasteiger partial charge in [-0.05, 0) is 30.5 Å². The Morgan fingerprint density at radius 1 is 0.933 bits per heavy atom. The van der Waals surface area contributed by atoms with Crippen molar-refractivity contribution < 1.29 is 23.6 Å². The summed E-state index contributed by atoms with van der Waals surface area (Å²) >= 11 is 0. The molecule has 2 aliphatic heterocycles. The van der Waals surface area contributed by atoms with Crippen LogP contribution < -0.4 is 0 Å². The van der Waals surface area contributed by atoms with Crippen molar-refractivity contribution in [3.8, 4) is 0 Å². The van der Waals surface area contributed by atoms with Gasteiger partial charge in [0.05, 0.1) is 5.41 Å². The molecule has 4 amide bonds. The summed E-state index contributed by atoms with van der Waals surface area (Å²) in [5.41, 5.74) is 0.0393. The molecule has 0 radical (unpaired) electrons. The summed E-state index contributed by atoms with van der Waals surface area (Å²) < 4.78 is 13.8. The molecule has 1 aromatic carbocycles. The molecule has 30 heavy (non-hydrogen) atoms. The van der Waals surface area contributed by atoms with Crippen LogP contribution in [0.2, 0.25) is 0 Å². The van der Waals surface area contributed by atoms with E-state index in [1.165, 1.54) is 12.1 Å². The lowest BCUT2D eigenvalue weighted by Gasteiger charge is -2.40. The van der Waals surface area contributed by atoms with Crippen LogP contribution >= 0.6 is 0 Å². The number of halogens is 1. The molecule has 4 rings (SSSR count). The molecule has 0 bridgehead atoms. The van der Waals surface area contributed by atoms with Crippen LogP contribution in [0.5, 0.6) is 0 Å². The number of benzene rings is 1. The fourth-order valence-electron chi connectivity index (χ4n) is 4.89. The van der Waals surface area contributed by atoms with Crippen LogP contribution in [-0.4, -0.2) is 71.1 Å². The molecule has 3 aliphatic rings. The first-order valence-corrected chi connectivity index (χ1v) is 10.6. The van der Waals surface area contributed by atoms with Gasteiger partial charge in [0.15, 0.2) is 0 Å². The maximum Gasteiger partial charge on any atom is 0.242 e. The molecule has 0 aromatic heterocycles. The van der Waals surface area contributed by atoms with E-state index >= 15 is 0 Å². The molecule has 3 fully saturated rings. The molecule has 1 saturated carbocycles. The van der Waals surface area contributed by atoms with Crippen LogP contribution in [0.3, 0.4) is 0 Å².